The Kier molecular flexibility index (Phi) is 4.00. The van der Waals surface area contributed by atoms with E-state index in [4.69, 9.17) is 0 Å². The molecule has 4 nitrogen and oxygen atoms in total. The van der Waals surface area contributed by atoms with Gasteiger partial charge in [0.2, 0.25) is 0 Å². The zero-order chi connectivity index (χ0) is 15.0. The summed E-state index contributed by atoms with van der Waals surface area (Å²) in [4.78, 5) is 16.4. The summed E-state index contributed by atoms with van der Waals surface area (Å²) in [5, 5.41) is 9.29. The van der Waals surface area contributed by atoms with Crippen LogP contribution in [0.4, 0.5) is 0 Å². The summed E-state index contributed by atoms with van der Waals surface area (Å²) in [6.07, 6.45) is 2.09. The minimum absolute atomic E-state index is 0.488. The van der Waals surface area contributed by atoms with Crippen molar-refractivity contribution in [1.29, 1.82) is 0 Å². The number of nitrogens with zero attached hydrogens (tertiary/aromatic N) is 2. The van der Waals surface area contributed by atoms with Gasteiger partial charge in [-0.2, -0.15) is 0 Å². The van der Waals surface area contributed by atoms with Crippen molar-refractivity contribution in [1.82, 2.24) is 9.80 Å². The molecule has 0 aliphatic carbocycles. The van der Waals surface area contributed by atoms with Crippen LogP contribution in [0, 0.1) is 0 Å². The zero-order valence-electron chi connectivity index (χ0n) is 12.9. The smallest absolute Gasteiger partial charge is 0.335 e. The second-order valence-electron chi connectivity index (χ2n) is 6.50. The number of aromatic carboxylic acids is 1. The van der Waals surface area contributed by atoms with E-state index in [9.17, 15) is 9.90 Å². The van der Waals surface area contributed by atoms with E-state index in [0.29, 0.717) is 17.6 Å². The molecule has 1 atom stereocenters. The molecule has 1 aromatic carbocycles. The van der Waals surface area contributed by atoms with Crippen LogP contribution in [0.15, 0.2) is 18.2 Å². The first-order valence-electron chi connectivity index (χ1n) is 7.88. The SMILES string of the molecule is CC(C)N1CCC(N2CCc3c(cccc3C(=O)O)C2)C1. The van der Waals surface area contributed by atoms with Gasteiger partial charge in [0, 0.05) is 38.3 Å². The molecule has 1 N–H and O–H groups in total. The normalized spacial score (nSPS) is 23.5. The third kappa shape index (κ3) is 2.83. The lowest BCUT2D eigenvalue weighted by molar-refractivity contribution is 0.0694. The van der Waals surface area contributed by atoms with Gasteiger partial charge in [0.1, 0.15) is 0 Å². The molecule has 0 spiro atoms. The Bertz CT molecular complexity index is 542. The fraction of sp³-hybridized carbons (Fsp3) is 0.588. The van der Waals surface area contributed by atoms with Crippen molar-refractivity contribution in [2.45, 2.75) is 45.3 Å². The molecular weight excluding hydrogens is 264 g/mol. The molecule has 2 aliphatic rings. The second kappa shape index (κ2) is 5.78. The van der Waals surface area contributed by atoms with Crippen molar-refractivity contribution >= 4 is 5.97 Å². The van der Waals surface area contributed by atoms with E-state index in [1.54, 1.807) is 6.07 Å². The summed E-state index contributed by atoms with van der Waals surface area (Å²) < 4.78 is 0. The third-order valence-electron chi connectivity index (χ3n) is 4.97. The number of carboxylic acid groups (broad SMARTS) is 1. The average Bonchev–Trinajstić information content (AvgIpc) is 2.96. The monoisotopic (exact) mass is 288 g/mol. The first-order valence-corrected chi connectivity index (χ1v) is 7.88. The highest BCUT2D eigenvalue weighted by Gasteiger charge is 2.31. The number of rotatable bonds is 3. The van der Waals surface area contributed by atoms with Crippen LogP contribution in [0.3, 0.4) is 0 Å². The molecule has 4 heteroatoms. The highest BCUT2D eigenvalue weighted by atomic mass is 16.4. The lowest BCUT2D eigenvalue weighted by Crippen LogP contribution is -2.42. The van der Waals surface area contributed by atoms with Crippen LogP contribution in [0.25, 0.3) is 0 Å². The molecule has 1 saturated heterocycles. The number of carbonyl (C=O) groups is 1. The Hall–Kier alpha value is -1.39. The predicted molar refractivity (Wildman–Crippen MR) is 82.6 cm³/mol. The molecule has 0 radical (unpaired) electrons. The van der Waals surface area contributed by atoms with Crippen LogP contribution in [-0.2, 0) is 13.0 Å². The molecule has 1 fully saturated rings. The van der Waals surface area contributed by atoms with E-state index >= 15 is 0 Å². The molecule has 0 amide bonds. The van der Waals surface area contributed by atoms with Crippen LogP contribution in [-0.4, -0.2) is 52.6 Å². The van der Waals surface area contributed by atoms with E-state index in [1.165, 1.54) is 18.5 Å². The first-order chi connectivity index (χ1) is 10.1. The maximum Gasteiger partial charge on any atom is 0.335 e. The van der Waals surface area contributed by atoms with Gasteiger partial charge in [-0.1, -0.05) is 12.1 Å². The topological polar surface area (TPSA) is 43.8 Å². The summed E-state index contributed by atoms with van der Waals surface area (Å²) in [7, 11) is 0. The van der Waals surface area contributed by atoms with Gasteiger partial charge in [-0.05, 0) is 43.9 Å². The van der Waals surface area contributed by atoms with E-state index in [-0.39, 0.29) is 0 Å². The number of hydrogen-bond donors (Lipinski definition) is 1. The van der Waals surface area contributed by atoms with Gasteiger partial charge in [-0.3, -0.25) is 9.80 Å². The molecule has 1 unspecified atom stereocenters. The fourth-order valence-corrected chi connectivity index (χ4v) is 3.68. The number of likely N-dealkylation sites (tertiary alicyclic amines) is 1. The van der Waals surface area contributed by atoms with Crippen molar-refractivity contribution in [3.05, 3.63) is 34.9 Å². The van der Waals surface area contributed by atoms with Crippen LogP contribution in [0.5, 0.6) is 0 Å². The largest absolute Gasteiger partial charge is 0.478 e. The van der Waals surface area contributed by atoms with Gasteiger partial charge in [-0.25, -0.2) is 4.79 Å². The molecule has 1 aromatic rings. The Labute approximate surface area is 126 Å². The van der Waals surface area contributed by atoms with Gasteiger partial charge in [-0.15, -0.1) is 0 Å². The lowest BCUT2D eigenvalue weighted by atomic mass is 9.93. The first kappa shape index (κ1) is 14.5. The molecule has 0 bridgehead atoms. The summed E-state index contributed by atoms with van der Waals surface area (Å²) >= 11 is 0. The maximum atomic E-state index is 11.3. The average molecular weight is 288 g/mol. The van der Waals surface area contributed by atoms with E-state index < -0.39 is 5.97 Å². The van der Waals surface area contributed by atoms with Crippen LogP contribution in [0.1, 0.15) is 41.8 Å². The van der Waals surface area contributed by atoms with Crippen LogP contribution >= 0.6 is 0 Å². The Morgan fingerprint density at radius 3 is 2.81 bits per heavy atom. The molecule has 0 saturated carbocycles. The van der Waals surface area contributed by atoms with Crippen molar-refractivity contribution in [3.63, 3.8) is 0 Å². The summed E-state index contributed by atoms with van der Waals surface area (Å²) in [5.41, 5.74) is 2.73. The lowest BCUT2D eigenvalue weighted by Gasteiger charge is -2.34. The van der Waals surface area contributed by atoms with Gasteiger partial charge in [0.25, 0.3) is 0 Å². The Morgan fingerprint density at radius 2 is 2.14 bits per heavy atom. The van der Waals surface area contributed by atoms with Gasteiger partial charge >= 0.3 is 5.97 Å². The standard InChI is InChI=1S/C17H24N2O2/c1-12(2)18-8-6-14(11-18)19-9-7-15-13(10-19)4-3-5-16(15)17(20)21/h3-5,12,14H,6-11H2,1-2H3,(H,20,21). The van der Waals surface area contributed by atoms with E-state index in [2.05, 4.69) is 29.7 Å². The van der Waals surface area contributed by atoms with E-state index in [0.717, 1.165) is 31.6 Å². The highest BCUT2D eigenvalue weighted by molar-refractivity contribution is 5.89. The minimum atomic E-state index is -0.799. The zero-order valence-corrected chi connectivity index (χ0v) is 12.9. The molecule has 114 valence electrons. The molecule has 21 heavy (non-hydrogen) atoms. The minimum Gasteiger partial charge on any atom is -0.478 e. The van der Waals surface area contributed by atoms with E-state index in [1.807, 2.05) is 6.07 Å². The Morgan fingerprint density at radius 1 is 1.33 bits per heavy atom. The fourth-order valence-electron chi connectivity index (χ4n) is 3.68. The van der Waals surface area contributed by atoms with Gasteiger partial charge in [0.05, 0.1) is 5.56 Å². The predicted octanol–water partition coefficient (Wildman–Crippen LogP) is 2.23. The van der Waals surface area contributed by atoms with Gasteiger partial charge < -0.3 is 5.11 Å². The second-order valence-corrected chi connectivity index (χ2v) is 6.50. The quantitative estimate of drug-likeness (QED) is 0.926. The summed E-state index contributed by atoms with van der Waals surface area (Å²) in [6, 6.07) is 6.93. The number of carboxylic acids is 1. The van der Waals surface area contributed by atoms with Gasteiger partial charge in [0.15, 0.2) is 0 Å². The number of benzene rings is 1. The third-order valence-corrected chi connectivity index (χ3v) is 4.97. The number of fused-ring (bicyclic) bond motifs is 1. The molecule has 0 aromatic heterocycles. The van der Waals surface area contributed by atoms with Crippen LogP contribution < -0.4 is 0 Å². The summed E-state index contributed by atoms with van der Waals surface area (Å²) in [6.45, 7) is 8.72. The molecule has 3 rings (SSSR count). The number of hydrogen-bond acceptors (Lipinski definition) is 3. The highest BCUT2D eigenvalue weighted by Crippen LogP contribution is 2.27. The van der Waals surface area contributed by atoms with Crippen molar-refractivity contribution in [3.8, 4) is 0 Å². The Balaban J connectivity index is 1.74. The molecule has 2 aliphatic heterocycles. The molecule has 2 heterocycles. The van der Waals surface area contributed by atoms with Crippen molar-refractivity contribution in [2.75, 3.05) is 19.6 Å². The van der Waals surface area contributed by atoms with Crippen molar-refractivity contribution in [2.24, 2.45) is 0 Å². The summed E-state index contributed by atoms with van der Waals surface area (Å²) in [5.74, 6) is -0.799. The van der Waals surface area contributed by atoms with Crippen molar-refractivity contribution < 1.29 is 9.90 Å². The maximum absolute atomic E-state index is 11.3. The van der Waals surface area contributed by atoms with Crippen LogP contribution in [0.2, 0.25) is 0 Å². The molecular formula is C17H24N2O2.